The van der Waals surface area contributed by atoms with Crippen LogP contribution >= 0.6 is 10.7 Å². The second-order valence-corrected chi connectivity index (χ2v) is 7.60. The summed E-state index contributed by atoms with van der Waals surface area (Å²) in [5.74, 6) is -0.489. The van der Waals surface area contributed by atoms with Crippen molar-refractivity contribution >= 4 is 25.6 Å². The van der Waals surface area contributed by atoms with E-state index in [0.717, 1.165) is 12.5 Å². The van der Waals surface area contributed by atoms with E-state index >= 15 is 0 Å². The molecule has 0 spiro atoms. The molecule has 0 aromatic carbocycles. The number of amides is 1. The lowest BCUT2D eigenvalue weighted by Gasteiger charge is -2.11. The van der Waals surface area contributed by atoms with Crippen LogP contribution in [0, 0.1) is 5.92 Å². The van der Waals surface area contributed by atoms with Gasteiger partial charge < -0.3 is 9.88 Å². The third-order valence-corrected chi connectivity index (χ3v) is 4.48. The van der Waals surface area contributed by atoms with Crippen LogP contribution in [0.4, 0.5) is 13.2 Å². The topological polar surface area (TPSA) is 68.2 Å². The molecule has 1 amide bonds. The van der Waals surface area contributed by atoms with E-state index in [0.29, 0.717) is 10.8 Å². The molecule has 5 nitrogen and oxygen atoms in total. The maximum absolute atomic E-state index is 12.5. The van der Waals surface area contributed by atoms with Gasteiger partial charge in [0.25, 0.3) is 15.0 Å². The first kappa shape index (κ1) is 16.2. The molecule has 2 rings (SSSR count). The van der Waals surface area contributed by atoms with Gasteiger partial charge in [-0.2, -0.15) is 13.2 Å². The molecule has 1 aliphatic rings. The fourth-order valence-electron chi connectivity index (χ4n) is 1.90. The molecule has 1 heterocycles. The van der Waals surface area contributed by atoms with Crippen LogP contribution in [0.25, 0.3) is 0 Å². The van der Waals surface area contributed by atoms with Crippen molar-refractivity contribution < 1.29 is 26.4 Å². The summed E-state index contributed by atoms with van der Waals surface area (Å²) >= 11 is 0. The summed E-state index contributed by atoms with van der Waals surface area (Å²) in [6, 6.07) is 0.749. The number of aromatic nitrogens is 1. The van der Waals surface area contributed by atoms with Gasteiger partial charge in [-0.05, 0) is 18.4 Å². The standard InChI is InChI=1S/C11H12ClF3N2O3S/c1-6-2-8(6)16-10(18)9-3-7(21(12,19)20)4-17(9)5-11(13,14)15/h3-4,6,8H,2,5H2,1H3,(H,16,18). The lowest BCUT2D eigenvalue weighted by atomic mass is 10.3. The van der Waals surface area contributed by atoms with Crippen molar-refractivity contribution in [3.8, 4) is 0 Å². The third kappa shape index (κ3) is 4.13. The zero-order chi connectivity index (χ0) is 16.0. The van der Waals surface area contributed by atoms with Crippen LogP contribution in [0.5, 0.6) is 0 Å². The van der Waals surface area contributed by atoms with Crippen molar-refractivity contribution in [3.05, 3.63) is 18.0 Å². The molecule has 10 heteroatoms. The first-order chi connectivity index (χ1) is 9.47. The molecule has 1 aromatic heterocycles. The maximum atomic E-state index is 12.5. The van der Waals surface area contributed by atoms with E-state index in [1.165, 1.54) is 0 Å². The van der Waals surface area contributed by atoms with Crippen LogP contribution in [-0.4, -0.2) is 31.1 Å². The zero-order valence-electron chi connectivity index (χ0n) is 10.8. The summed E-state index contributed by atoms with van der Waals surface area (Å²) < 4.78 is 60.4. The van der Waals surface area contributed by atoms with Gasteiger partial charge in [-0.3, -0.25) is 4.79 Å². The van der Waals surface area contributed by atoms with E-state index in [-0.39, 0.29) is 17.7 Å². The minimum Gasteiger partial charge on any atom is -0.348 e. The van der Waals surface area contributed by atoms with Gasteiger partial charge in [0, 0.05) is 22.9 Å². The summed E-state index contributed by atoms with van der Waals surface area (Å²) in [5.41, 5.74) is -0.384. The van der Waals surface area contributed by atoms with Crippen molar-refractivity contribution in [2.75, 3.05) is 0 Å². The minimum absolute atomic E-state index is 0.0946. The summed E-state index contributed by atoms with van der Waals surface area (Å²) in [4.78, 5) is 11.4. The highest BCUT2D eigenvalue weighted by Gasteiger charge is 2.36. The van der Waals surface area contributed by atoms with Gasteiger partial charge in [-0.15, -0.1) is 0 Å². The third-order valence-electron chi connectivity index (χ3n) is 3.16. The number of nitrogens with one attached hydrogen (secondary N) is 1. The molecule has 0 saturated heterocycles. The molecule has 1 fully saturated rings. The Balaban J connectivity index is 2.32. The fraction of sp³-hybridized carbons (Fsp3) is 0.545. The van der Waals surface area contributed by atoms with Crippen molar-refractivity contribution in [2.45, 2.75) is 37.0 Å². The molecule has 118 valence electrons. The van der Waals surface area contributed by atoms with Gasteiger partial charge in [0.2, 0.25) is 0 Å². The Hall–Kier alpha value is -1.22. The van der Waals surface area contributed by atoms with Crippen LogP contribution in [0.15, 0.2) is 17.2 Å². The first-order valence-corrected chi connectivity index (χ1v) is 8.31. The average Bonchev–Trinajstić information content (AvgIpc) is 2.81. The molecule has 1 aromatic rings. The zero-order valence-corrected chi connectivity index (χ0v) is 12.4. The number of rotatable bonds is 4. The van der Waals surface area contributed by atoms with Crippen molar-refractivity contribution in [1.29, 1.82) is 0 Å². The van der Waals surface area contributed by atoms with E-state index in [1.54, 1.807) is 0 Å². The molecular formula is C11H12ClF3N2O3S. The Morgan fingerprint density at radius 2 is 2.10 bits per heavy atom. The number of hydrogen-bond donors (Lipinski definition) is 1. The molecule has 0 aliphatic heterocycles. The normalized spacial score (nSPS) is 22.1. The molecule has 21 heavy (non-hydrogen) atoms. The maximum Gasteiger partial charge on any atom is 0.406 e. The van der Waals surface area contributed by atoms with Gasteiger partial charge in [-0.25, -0.2) is 8.42 Å². The average molecular weight is 345 g/mol. The Labute approximate surface area is 123 Å². The van der Waals surface area contributed by atoms with Gasteiger partial charge in [0.1, 0.15) is 17.1 Å². The van der Waals surface area contributed by atoms with Gasteiger partial charge in [0.15, 0.2) is 0 Å². The largest absolute Gasteiger partial charge is 0.406 e. The number of carbonyl (C=O) groups is 1. The molecule has 0 bridgehead atoms. The van der Waals surface area contributed by atoms with Crippen molar-refractivity contribution in [1.82, 2.24) is 9.88 Å². The number of halogens is 4. The monoisotopic (exact) mass is 344 g/mol. The lowest BCUT2D eigenvalue weighted by Crippen LogP contribution is -2.30. The van der Waals surface area contributed by atoms with E-state index in [2.05, 4.69) is 5.32 Å². The number of alkyl halides is 3. The highest BCUT2D eigenvalue weighted by Crippen LogP contribution is 2.30. The molecule has 2 atom stereocenters. The van der Waals surface area contributed by atoms with Gasteiger partial charge in [0.05, 0.1) is 0 Å². The number of nitrogens with zero attached hydrogens (tertiary/aromatic N) is 1. The van der Waals surface area contributed by atoms with E-state index in [1.807, 2.05) is 6.92 Å². The van der Waals surface area contributed by atoms with Crippen LogP contribution < -0.4 is 5.32 Å². The van der Waals surface area contributed by atoms with Crippen LogP contribution in [0.2, 0.25) is 0 Å². The van der Waals surface area contributed by atoms with Crippen LogP contribution in [-0.2, 0) is 15.6 Å². The highest BCUT2D eigenvalue weighted by molar-refractivity contribution is 8.13. The predicted molar refractivity (Wildman–Crippen MR) is 68.6 cm³/mol. The van der Waals surface area contributed by atoms with Crippen molar-refractivity contribution in [2.24, 2.45) is 5.92 Å². The Morgan fingerprint density at radius 1 is 1.52 bits per heavy atom. The van der Waals surface area contributed by atoms with Gasteiger partial charge in [-0.1, -0.05) is 6.92 Å². The number of hydrogen-bond acceptors (Lipinski definition) is 3. The second kappa shape index (κ2) is 5.20. The Kier molecular flexibility index (Phi) is 4.00. The lowest BCUT2D eigenvalue weighted by molar-refractivity contribution is -0.140. The SMILES string of the molecule is CC1CC1NC(=O)c1cc(S(=O)(=O)Cl)cn1CC(F)(F)F. The highest BCUT2D eigenvalue weighted by atomic mass is 35.7. The summed E-state index contributed by atoms with van der Waals surface area (Å²) in [6.07, 6.45) is -3.14. The first-order valence-electron chi connectivity index (χ1n) is 6.00. The quantitative estimate of drug-likeness (QED) is 0.851. The van der Waals surface area contributed by atoms with Crippen LogP contribution in [0.1, 0.15) is 23.8 Å². The Morgan fingerprint density at radius 3 is 2.52 bits per heavy atom. The molecule has 1 N–H and O–H groups in total. The van der Waals surface area contributed by atoms with E-state index in [9.17, 15) is 26.4 Å². The Bertz CT molecular complexity index is 669. The molecule has 0 radical (unpaired) electrons. The predicted octanol–water partition coefficient (Wildman–Crippen LogP) is 2.12. The second-order valence-electron chi connectivity index (χ2n) is 5.03. The molecule has 1 saturated carbocycles. The molecule has 2 unspecified atom stereocenters. The van der Waals surface area contributed by atoms with E-state index in [4.69, 9.17) is 10.7 Å². The summed E-state index contributed by atoms with van der Waals surface area (Å²) in [7, 11) is 0.894. The van der Waals surface area contributed by atoms with Gasteiger partial charge >= 0.3 is 6.18 Å². The number of carbonyl (C=O) groups excluding carboxylic acids is 1. The van der Waals surface area contributed by atoms with Crippen LogP contribution in [0.3, 0.4) is 0 Å². The summed E-state index contributed by atoms with van der Waals surface area (Å²) in [5, 5.41) is 2.55. The molecular weight excluding hydrogens is 333 g/mol. The fourth-order valence-corrected chi connectivity index (χ4v) is 2.66. The van der Waals surface area contributed by atoms with Crippen molar-refractivity contribution in [3.63, 3.8) is 0 Å². The molecule has 1 aliphatic carbocycles. The summed E-state index contributed by atoms with van der Waals surface area (Å²) in [6.45, 7) is 0.413. The van der Waals surface area contributed by atoms with E-state index < -0.39 is 32.6 Å². The smallest absolute Gasteiger partial charge is 0.348 e. The minimum atomic E-state index is -4.59.